The number of amides is 1. The van der Waals surface area contributed by atoms with Gasteiger partial charge in [-0.15, -0.1) is 0 Å². The van der Waals surface area contributed by atoms with Crippen molar-refractivity contribution in [2.45, 2.75) is 31.8 Å². The van der Waals surface area contributed by atoms with E-state index in [-0.39, 0.29) is 40.6 Å². The number of halogens is 4. The number of likely N-dealkylation sites (N-methyl/N-ethyl adjacent to an activating group) is 1. The Labute approximate surface area is 176 Å². The maximum atomic E-state index is 13.2. The van der Waals surface area contributed by atoms with E-state index in [1.165, 1.54) is 0 Å². The largest absolute Gasteiger partial charge is 0.421 e. The summed E-state index contributed by atoms with van der Waals surface area (Å²) in [5.41, 5.74) is -3.33. The molecule has 0 spiro atoms. The second-order valence-corrected chi connectivity index (χ2v) is 7.22. The highest BCUT2D eigenvalue weighted by atomic mass is 35.5. The molecule has 1 saturated heterocycles. The molecule has 0 radical (unpaired) electrons. The Kier molecular flexibility index (Phi) is 3.66. The summed E-state index contributed by atoms with van der Waals surface area (Å²) in [5, 5.41) is 4.52. The molecule has 7 nitrogen and oxygen atoms in total. The molecule has 1 aliphatic heterocycles. The lowest BCUT2D eigenvalue weighted by Crippen LogP contribution is -2.33. The molecule has 0 aliphatic carbocycles. The second-order valence-electron chi connectivity index (χ2n) is 5.86. The number of alkyl halides is 3. The molecular weight excluding hydrogens is 417 g/mol. The van der Waals surface area contributed by atoms with Gasteiger partial charge in [-0.1, -0.05) is 22.9 Å². The number of carbonyl (C=O) groups is 1. The second kappa shape index (κ2) is 7.36. The van der Waals surface area contributed by atoms with Crippen LogP contribution in [0, 0.1) is 0 Å². The van der Waals surface area contributed by atoms with Crippen molar-refractivity contribution in [2.75, 3.05) is 30.7 Å². The number of carbonyl (C=O) groups excluding carboxylic acids is 1. The minimum absolute atomic E-state index is 0.0253. The first kappa shape index (κ1) is 13.9. The molecule has 2 aromatic rings. The Morgan fingerprint density at radius 2 is 2.25 bits per heavy atom. The van der Waals surface area contributed by atoms with E-state index >= 15 is 0 Å². The number of rotatable bonds is 5. The monoisotopic (exact) mass is 440 g/mol. The topological polar surface area (TPSA) is 83.0 Å². The summed E-state index contributed by atoms with van der Waals surface area (Å²) in [6.07, 6.45) is -4.47. The van der Waals surface area contributed by atoms with Crippen molar-refractivity contribution in [3.8, 4) is 0 Å². The van der Waals surface area contributed by atoms with Crippen LogP contribution >= 0.6 is 22.9 Å². The number of likely N-dealkylation sites (tertiary alicyclic amines) is 1. The van der Waals surface area contributed by atoms with Crippen molar-refractivity contribution >= 4 is 45.6 Å². The smallest absolute Gasteiger partial charge is 0.370 e. The summed E-state index contributed by atoms with van der Waals surface area (Å²) in [4.78, 5) is 24.9. The molecule has 28 heavy (non-hydrogen) atoms. The summed E-state index contributed by atoms with van der Waals surface area (Å²) in [7, 11) is 0. The van der Waals surface area contributed by atoms with Gasteiger partial charge in [0.15, 0.2) is 5.15 Å². The molecule has 2 aromatic heterocycles. The van der Waals surface area contributed by atoms with Crippen molar-refractivity contribution in [3.63, 3.8) is 0 Å². The van der Waals surface area contributed by atoms with Crippen LogP contribution < -0.4 is 10.6 Å². The summed E-state index contributed by atoms with van der Waals surface area (Å²) in [5.74, 6) is -1.90. The molecule has 1 aliphatic rings. The molecule has 1 amide bonds. The number of hydrogen-bond acceptors (Lipinski definition) is 7. The van der Waals surface area contributed by atoms with E-state index in [4.69, 9.17) is 19.8 Å². The summed E-state index contributed by atoms with van der Waals surface area (Å²) < 4.78 is 86.0. The molecule has 0 bridgehead atoms. The Morgan fingerprint density at radius 1 is 1.46 bits per heavy atom. The van der Waals surface area contributed by atoms with Gasteiger partial charge in [0.2, 0.25) is 11.9 Å². The van der Waals surface area contributed by atoms with Gasteiger partial charge < -0.3 is 15.5 Å². The third kappa shape index (κ3) is 3.72. The van der Waals surface area contributed by atoms with Gasteiger partial charge in [-0.3, -0.25) is 4.79 Å². The number of nitrogens with one attached hydrogen (secondary N) is 2. The maximum Gasteiger partial charge on any atom is 0.421 e. The van der Waals surface area contributed by atoms with Crippen LogP contribution in [0.25, 0.3) is 0 Å². The fourth-order valence-electron chi connectivity index (χ4n) is 2.53. The third-order valence-electron chi connectivity index (χ3n) is 3.94. The molecule has 0 aromatic carbocycles. The Morgan fingerprint density at radius 3 is 2.86 bits per heavy atom. The van der Waals surface area contributed by atoms with Crippen LogP contribution in [0.2, 0.25) is 5.15 Å². The molecule has 3 rings (SSSR count). The Hall–Kier alpha value is -2.14. The van der Waals surface area contributed by atoms with Gasteiger partial charge in [0.1, 0.15) is 21.4 Å². The van der Waals surface area contributed by atoms with E-state index < -0.39 is 42.7 Å². The highest BCUT2D eigenvalue weighted by Gasteiger charge is 2.45. The highest BCUT2D eigenvalue weighted by molar-refractivity contribution is 7.16. The first-order valence-corrected chi connectivity index (χ1v) is 9.16. The van der Waals surface area contributed by atoms with Crippen LogP contribution in [-0.2, 0) is 16.4 Å². The lowest BCUT2D eigenvalue weighted by atomic mass is 9.90. The standard InChI is InChI=1S/C16H18ClF3N6OS/c1-4-21-10-8(16(18,19)20)7-22-14(24-10)25-11-9(17)23-12(28-11)15(2)5-6-26(3)13(15)27/h7H,4-6H2,1-3H3,(H2,21,22,24,25)/i2D3,3D3. The number of thiazole rings is 1. The predicted octanol–water partition coefficient (Wildman–Crippen LogP) is 3.90. The van der Waals surface area contributed by atoms with Crippen LogP contribution in [0.1, 0.15) is 39.0 Å². The van der Waals surface area contributed by atoms with Gasteiger partial charge in [-0.05, 0) is 20.2 Å². The van der Waals surface area contributed by atoms with Crippen molar-refractivity contribution in [2.24, 2.45) is 0 Å². The molecule has 1 fully saturated rings. The van der Waals surface area contributed by atoms with E-state index in [2.05, 4.69) is 25.6 Å². The van der Waals surface area contributed by atoms with Gasteiger partial charge in [0.25, 0.3) is 0 Å². The maximum absolute atomic E-state index is 13.2. The van der Waals surface area contributed by atoms with Crippen LogP contribution in [-0.4, -0.2) is 45.8 Å². The zero-order chi connectivity index (χ0) is 25.7. The van der Waals surface area contributed by atoms with Crippen LogP contribution in [0.15, 0.2) is 6.20 Å². The SMILES string of the molecule is [2H]C([2H])([2H])N1CCC(c2nc(Cl)c(Nc3ncc(C(F)(F)F)c(NCC)n3)s2)(C([2H])([2H])[2H])C1=O. The van der Waals surface area contributed by atoms with Crippen molar-refractivity contribution < 1.29 is 26.2 Å². The first-order chi connectivity index (χ1) is 15.5. The lowest BCUT2D eigenvalue weighted by molar-refractivity contribution is -0.137. The van der Waals surface area contributed by atoms with Gasteiger partial charge >= 0.3 is 6.18 Å². The number of hydrogen-bond donors (Lipinski definition) is 2. The molecule has 0 saturated carbocycles. The number of aromatic nitrogens is 3. The molecule has 1 atom stereocenters. The normalized spacial score (nSPS) is 24.0. The van der Waals surface area contributed by atoms with E-state index in [1.807, 2.05) is 0 Å². The van der Waals surface area contributed by atoms with E-state index in [0.717, 1.165) is 0 Å². The number of anilines is 3. The van der Waals surface area contributed by atoms with E-state index in [1.54, 1.807) is 6.92 Å². The molecule has 1 unspecified atom stereocenters. The van der Waals surface area contributed by atoms with E-state index in [9.17, 15) is 18.0 Å². The van der Waals surface area contributed by atoms with Gasteiger partial charge in [0.05, 0.1) is 5.41 Å². The van der Waals surface area contributed by atoms with Crippen molar-refractivity contribution in [1.29, 1.82) is 0 Å². The van der Waals surface area contributed by atoms with Crippen molar-refractivity contribution in [1.82, 2.24) is 19.9 Å². The minimum atomic E-state index is -4.70. The lowest BCUT2D eigenvalue weighted by Gasteiger charge is -2.18. The predicted molar refractivity (Wildman–Crippen MR) is 101 cm³/mol. The molecule has 12 heteroatoms. The molecule has 3 heterocycles. The highest BCUT2D eigenvalue weighted by Crippen LogP contribution is 2.42. The average Bonchev–Trinajstić information content (AvgIpc) is 3.21. The van der Waals surface area contributed by atoms with Crippen molar-refractivity contribution in [3.05, 3.63) is 21.9 Å². The summed E-state index contributed by atoms with van der Waals surface area (Å²) in [6.45, 7) is -4.40. The summed E-state index contributed by atoms with van der Waals surface area (Å²) >= 11 is 6.78. The quantitative estimate of drug-likeness (QED) is 0.733. The molecule has 152 valence electrons. The van der Waals surface area contributed by atoms with Gasteiger partial charge in [-0.25, -0.2) is 9.97 Å². The van der Waals surface area contributed by atoms with Crippen LogP contribution in [0.4, 0.5) is 29.9 Å². The fourth-order valence-corrected chi connectivity index (χ4v) is 3.79. The summed E-state index contributed by atoms with van der Waals surface area (Å²) in [6, 6.07) is 0. The number of nitrogens with zero attached hydrogens (tertiary/aromatic N) is 4. The molecular formula is C16H18ClF3N6OS. The zero-order valence-corrected chi connectivity index (χ0v) is 15.9. The van der Waals surface area contributed by atoms with E-state index in [0.29, 0.717) is 22.4 Å². The van der Waals surface area contributed by atoms with Crippen LogP contribution in [0.3, 0.4) is 0 Å². The van der Waals surface area contributed by atoms with Gasteiger partial charge in [-0.2, -0.15) is 18.2 Å². The zero-order valence-electron chi connectivity index (χ0n) is 20.3. The fraction of sp³-hybridized carbons (Fsp3) is 0.500. The minimum Gasteiger partial charge on any atom is -0.370 e. The van der Waals surface area contributed by atoms with Crippen LogP contribution in [0.5, 0.6) is 0 Å². The average molecular weight is 441 g/mol. The van der Waals surface area contributed by atoms with Gasteiger partial charge in [0, 0.05) is 34.5 Å². The Bertz CT molecular complexity index is 1090. The Balaban J connectivity index is 2.01. The third-order valence-corrected chi connectivity index (χ3v) is 5.45. The molecule has 2 N–H and O–H groups in total. The first-order valence-electron chi connectivity index (χ1n) is 11.0.